The smallest absolute Gasteiger partial charge is 0.0830 e. The van der Waals surface area contributed by atoms with Crippen molar-refractivity contribution in [1.29, 1.82) is 0 Å². The summed E-state index contributed by atoms with van der Waals surface area (Å²) in [5.41, 5.74) is 6.83. The lowest BCUT2D eigenvalue weighted by Gasteiger charge is -2.12. The van der Waals surface area contributed by atoms with Crippen LogP contribution in [-0.4, -0.2) is 12.6 Å². The fraction of sp³-hybridized carbons (Fsp3) is 0.455. The second kappa shape index (κ2) is 5.35. The molecule has 0 radical (unpaired) electrons. The third-order valence-corrected chi connectivity index (χ3v) is 2.54. The van der Waals surface area contributed by atoms with E-state index in [1.54, 1.807) is 0 Å². The lowest BCUT2D eigenvalue weighted by molar-refractivity contribution is 0.0498. The SMILES string of the molecule is Cl.NC[C@@H]1CC[C@H](c2ccccc2)O1. The highest BCUT2D eigenvalue weighted by Crippen LogP contribution is 2.31. The summed E-state index contributed by atoms with van der Waals surface area (Å²) in [5.74, 6) is 0. The Hall–Kier alpha value is -0.570. The van der Waals surface area contributed by atoms with Gasteiger partial charge in [0.15, 0.2) is 0 Å². The summed E-state index contributed by atoms with van der Waals surface area (Å²) in [5, 5.41) is 0. The second-order valence-corrected chi connectivity index (χ2v) is 3.47. The molecule has 0 aliphatic carbocycles. The third kappa shape index (κ3) is 2.47. The van der Waals surface area contributed by atoms with Gasteiger partial charge in [-0.1, -0.05) is 30.3 Å². The zero-order chi connectivity index (χ0) is 9.10. The molecular formula is C11H16ClNO. The van der Waals surface area contributed by atoms with Gasteiger partial charge in [-0.05, 0) is 18.4 Å². The molecule has 0 unspecified atom stereocenters. The molecule has 3 heteroatoms. The van der Waals surface area contributed by atoms with Crippen molar-refractivity contribution in [2.45, 2.75) is 25.0 Å². The van der Waals surface area contributed by atoms with E-state index in [2.05, 4.69) is 24.3 Å². The quantitative estimate of drug-likeness (QED) is 0.818. The predicted octanol–water partition coefficient (Wildman–Crippen LogP) is 2.29. The topological polar surface area (TPSA) is 35.2 Å². The van der Waals surface area contributed by atoms with Gasteiger partial charge in [-0.2, -0.15) is 0 Å². The zero-order valence-electron chi connectivity index (χ0n) is 8.06. The number of rotatable bonds is 2. The van der Waals surface area contributed by atoms with E-state index >= 15 is 0 Å². The van der Waals surface area contributed by atoms with E-state index in [0.717, 1.165) is 12.8 Å². The van der Waals surface area contributed by atoms with Crippen LogP contribution in [0.15, 0.2) is 30.3 Å². The van der Waals surface area contributed by atoms with Gasteiger partial charge in [0.25, 0.3) is 0 Å². The standard InChI is InChI=1S/C11H15NO.ClH/c12-8-10-6-7-11(13-10)9-4-2-1-3-5-9;/h1-5,10-11H,6-8,12H2;1H/t10-,11+;/m0./s1. The van der Waals surface area contributed by atoms with E-state index < -0.39 is 0 Å². The Labute approximate surface area is 90.9 Å². The molecule has 1 aromatic rings. The molecule has 1 heterocycles. The van der Waals surface area contributed by atoms with Crippen LogP contribution >= 0.6 is 12.4 Å². The van der Waals surface area contributed by atoms with Crippen LogP contribution < -0.4 is 5.73 Å². The zero-order valence-corrected chi connectivity index (χ0v) is 8.87. The first-order valence-corrected chi connectivity index (χ1v) is 4.80. The van der Waals surface area contributed by atoms with Gasteiger partial charge >= 0.3 is 0 Å². The maximum Gasteiger partial charge on any atom is 0.0830 e. The van der Waals surface area contributed by atoms with Gasteiger partial charge in [0.05, 0.1) is 12.2 Å². The van der Waals surface area contributed by atoms with Gasteiger partial charge < -0.3 is 10.5 Å². The van der Waals surface area contributed by atoms with Gasteiger partial charge in [-0.3, -0.25) is 0 Å². The van der Waals surface area contributed by atoms with E-state index in [0.29, 0.717) is 6.54 Å². The molecule has 0 spiro atoms. The highest BCUT2D eigenvalue weighted by Gasteiger charge is 2.24. The van der Waals surface area contributed by atoms with Crippen LogP contribution in [0.4, 0.5) is 0 Å². The molecule has 0 aromatic heterocycles. The maximum atomic E-state index is 5.77. The molecule has 2 atom stereocenters. The summed E-state index contributed by atoms with van der Waals surface area (Å²) >= 11 is 0. The normalized spacial score (nSPS) is 25.8. The van der Waals surface area contributed by atoms with E-state index in [1.165, 1.54) is 5.56 Å². The van der Waals surface area contributed by atoms with Crippen molar-refractivity contribution >= 4 is 12.4 Å². The van der Waals surface area contributed by atoms with Gasteiger partial charge in [0.1, 0.15) is 0 Å². The number of nitrogens with two attached hydrogens (primary N) is 1. The maximum absolute atomic E-state index is 5.77. The monoisotopic (exact) mass is 213 g/mol. The van der Waals surface area contributed by atoms with E-state index in [-0.39, 0.29) is 24.6 Å². The van der Waals surface area contributed by atoms with E-state index in [1.807, 2.05) is 6.07 Å². The van der Waals surface area contributed by atoms with Gasteiger partial charge in [-0.15, -0.1) is 12.4 Å². The second-order valence-electron chi connectivity index (χ2n) is 3.47. The Morgan fingerprint density at radius 2 is 1.93 bits per heavy atom. The Kier molecular flexibility index (Phi) is 4.39. The minimum Gasteiger partial charge on any atom is -0.369 e. The molecule has 2 N–H and O–H groups in total. The average molecular weight is 214 g/mol. The van der Waals surface area contributed by atoms with Crippen LogP contribution in [0.2, 0.25) is 0 Å². The first-order chi connectivity index (χ1) is 6.40. The van der Waals surface area contributed by atoms with E-state index in [9.17, 15) is 0 Å². The van der Waals surface area contributed by atoms with Crippen LogP contribution in [-0.2, 0) is 4.74 Å². The molecule has 2 nitrogen and oxygen atoms in total. The molecule has 1 aromatic carbocycles. The molecule has 1 fully saturated rings. The highest BCUT2D eigenvalue weighted by atomic mass is 35.5. The molecule has 78 valence electrons. The Morgan fingerprint density at radius 3 is 2.50 bits per heavy atom. The van der Waals surface area contributed by atoms with Crippen molar-refractivity contribution in [3.05, 3.63) is 35.9 Å². The lowest BCUT2D eigenvalue weighted by Crippen LogP contribution is -2.18. The predicted molar refractivity (Wildman–Crippen MR) is 59.6 cm³/mol. The molecule has 2 rings (SSSR count). The summed E-state index contributed by atoms with van der Waals surface area (Å²) in [6, 6.07) is 10.4. The lowest BCUT2D eigenvalue weighted by atomic mass is 10.1. The van der Waals surface area contributed by atoms with Crippen LogP contribution in [0.25, 0.3) is 0 Å². The summed E-state index contributed by atoms with van der Waals surface area (Å²) < 4.78 is 5.77. The van der Waals surface area contributed by atoms with Crippen LogP contribution in [0.3, 0.4) is 0 Å². The third-order valence-electron chi connectivity index (χ3n) is 2.54. The molecular weight excluding hydrogens is 198 g/mol. The number of hydrogen-bond donors (Lipinski definition) is 1. The Bertz CT molecular complexity index is 265. The summed E-state index contributed by atoms with van der Waals surface area (Å²) in [7, 11) is 0. The molecule has 1 aliphatic rings. The minimum atomic E-state index is 0. The fourth-order valence-electron chi connectivity index (χ4n) is 1.79. The number of hydrogen-bond acceptors (Lipinski definition) is 2. The van der Waals surface area contributed by atoms with Crippen LogP contribution in [0.1, 0.15) is 24.5 Å². The Balaban J connectivity index is 0.000000980. The number of ether oxygens (including phenoxy) is 1. The number of benzene rings is 1. The van der Waals surface area contributed by atoms with Gasteiger partial charge in [0, 0.05) is 6.54 Å². The fourth-order valence-corrected chi connectivity index (χ4v) is 1.79. The van der Waals surface area contributed by atoms with Crippen molar-refractivity contribution in [3.63, 3.8) is 0 Å². The average Bonchev–Trinajstić information content (AvgIpc) is 2.67. The van der Waals surface area contributed by atoms with E-state index in [4.69, 9.17) is 10.5 Å². The van der Waals surface area contributed by atoms with Gasteiger partial charge in [0.2, 0.25) is 0 Å². The number of halogens is 1. The van der Waals surface area contributed by atoms with Crippen LogP contribution in [0, 0.1) is 0 Å². The van der Waals surface area contributed by atoms with Crippen molar-refractivity contribution in [3.8, 4) is 0 Å². The molecule has 0 saturated carbocycles. The van der Waals surface area contributed by atoms with Crippen molar-refractivity contribution in [2.75, 3.05) is 6.54 Å². The first kappa shape index (κ1) is 11.5. The molecule has 0 bridgehead atoms. The summed E-state index contributed by atoms with van der Waals surface area (Å²) in [6.45, 7) is 0.642. The Morgan fingerprint density at radius 1 is 1.21 bits per heavy atom. The summed E-state index contributed by atoms with van der Waals surface area (Å²) in [4.78, 5) is 0. The van der Waals surface area contributed by atoms with Crippen molar-refractivity contribution in [1.82, 2.24) is 0 Å². The molecule has 1 aliphatic heterocycles. The summed E-state index contributed by atoms with van der Waals surface area (Å²) in [6.07, 6.45) is 2.74. The largest absolute Gasteiger partial charge is 0.369 e. The molecule has 1 saturated heterocycles. The molecule has 0 amide bonds. The highest BCUT2D eigenvalue weighted by molar-refractivity contribution is 5.85. The van der Waals surface area contributed by atoms with Crippen molar-refractivity contribution in [2.24, 2.45) is 5.73 Å². The molecule has 14 heavy (non-hydrogen) atoms. The van der Waals surface area contributed by atoms with Crippen molar-refractivity contribution < 1.29 is 4.74 Å². The first-order valence-electron chi connectivity index (χ1n) is 4.80. The van der Waals surface area contributed by atoms with Gasteiger partial charge in [-0.25, -0.2) is 0 Å². The van der Waals surface area contributed by atoms with Crippen LogP contribution in [0.5, 0.6) is 0 Å². The minimum absolute atomic E-state index is 0.